The van der Waals surface area contributed by atoms with Crippen LogP contribution in [-0.4, -0.2) is 60.7 Å². The Morgan fingerprint density at radius 3 is 2.62 bits per heavy atom. The number of pyridine rings is 1. The van der Waals surface area contributed by atoms with Crippen LogP contribution >= 0.6 is 0 Å². The average molecular weight is 329 g/mol. The Morgan fingerprint density at radius 1 is 1.21 bits per heavy atom. The lowest BCUT2D eigenvalue weighted by Crippen LogP contribution is -2.42. The molecular formula is C20H31N3O. The van der Waals surface area contributed by atoms with Crippen LogP contribution in [0.4, 0.5) is 0 Å². The highest BCUT2D eigenvalue weighted by Gasteiger charge is 2.45. The van der Waals surface area contributed by atoms with Crippen LogP contribution in [0.3, 0.4) is 0 Å². The summed E-state index contributed by atoms with van der Waals surface area (Å²) >= 11 is 0. The van der Waals surface area contributed by atoms with Crippen LogP contribution in [0.1, 0.15) is 37.7 Å². The van der Waals surface area contributed by atoms with E-state index in [4.69, 9.17) is 4.74 Å². The van der Waals surface area contributed by atoms with Gasteiger partial charge in [0.25, 0.3) is 0 Å². The first-order valence-electron chi connectivity index (χ1n) is 9.61. The molecule has 0 N–H and O–H groups in total. The molecule has 1 saturated carbocycles. The Labute approximate surface area is 146 Å². The minimum Gasteiger partial charge on any atom is -0.383 e. The van der Waals surface area contributed by atoms with E-state index in [1.165, 1.54) is 63.8 Å². The molecule has 4 heteroatoms. The second kappa shape index (κ2) is 7.11. The molecule has 1 aliphatic carbocycles. The highest BCUT2D eigenvalue weighted by atomic mass is 16.5. The van der Waals surface area contributed by atoms with E-state index in [1.54, 1.807) is 0 Å². The van der Waals surface area contributed by atoms with Crippen LogP contribution in [-0.2, 0) is 11.3 Å². The number of likely N-dealkylation sites (tertiary alicyclic amines) is 2. The third-order valence-electron chi connectivity index (χ3n) is 6.35. The molecule has 0 bridgehead atoms. The maximum atomic E-state index is 5.55. The van der Waals surface area contributed by atoms with Crippen molar-refractivity contribution < 1.29 is 4.74 Å². The standard InChI is InChI=1S/C20H31N3O/c1-24-15-19-12-20(6-10-22(11-7-20)13-17-2-3-17)16-23(19)14-18-4-8-21-9-5-18/h4-5,8-9,17,19H,2-3,6-7,10-16H2,1H3/t19-/m0/s1. The monoisotopic (exact) mass is 329 g/mol. The van der Waals surface area contributed by atoms with Crippen LogP contribution in [0, 0.1) is 11.3 Å². The van der Waals surface area contributed by atoms with E-state index in [0.29, 0.717) is 11.5 Å². The van der Waals surface area contributed by atoms with Crippen LogP contribution in [0.2, 0.25) is 0 Å². The van der Waals surface area contributed by atoms with E-state index < -0.39 is 0 Å². The van der Waals surface area contributed by atoms with E-state index in [-0.39, 0.29) is 0 Å². The topological polar surface area (TPSA) is 28.6 Å². The van der Waals surface area contributed by atoms with Gasteiger partial charge in [-0.1, -0.05) is 0 Å². The lowest BCUT2D eigenvalue weighted by molar-refractivity contribution is 0.103. The summed E-state index contributed by atoms with van der Waals surface area (Å²) in [6.45, 7) is 7.10. The van der Waals surface area contributed by atoms with Crippen molar-refractivity contribution in [3.05, 3.63) is 30.1 Å². The second-order valence-electron chi connectivity index (χ2n) is 8.32. The number of hydrogen-bond donors (Lipinski definition) is 0. The van der Waals surface area contributed by atoms with E-state index in [9.17, 15) is 0 Å². The minimum absolute atomic E-state index is 0.524. The lowest BCUT2D eigenvalue weighted by atomic mass is 9.76. The predicted octanol–water partition coefficient (Wildman–Crippen LogP) is 2.79. The average Bonchev–Trinajstić information content (AvgIpc) is 3.36. The number of nitrogens with zero attached hydrogens (tertiary/aromatic N) is 3. The van der Waals surface area contributed by atoms with Gasteiger partial charge in [-0.2, -0.15) is 0 Å². The molecule has 1 spiro atoms. The van der Waals surface area contributed by atoms with Crippen molar-refractivity contribution in [1.82, 2.24) is 14.8 Å². The van der Waals surface area contributed by atoms with Crippen LogP contribution in [0.5, 0.6) is 0 Å². The van der Waals surface area contributed by atoms with Gasteiger partial charge in [0, 0.05) is 45.2 Å². The van der Waals surface area contributed by atoms with Crippen molar-refractivity contribution in [3.63, 3.8) is 0 Å². The van der Waals surface area contributed by atoms with Crippen molar-refractivity contribution in [2.75, 3.05) is 39.9 Å². The number of methoxy groups -OCH3 is 1. The lowest BCUT2D eigenvalue weighted by Gasteiger charge is -2.39. The van der Waals surface area contributed by atoms with Crippen molar-refractivity contribution in [3.8, 4) is 0 Å². The molecule has 0 radical (unpaired) electrons. The predicted molar refractivity (Wildman–Crippen MR) is 95.8 cm³/mol. The molecule has 1 aromatic heterocycles. The summed E-state index contributed by atoms with van der Waals surface area (Å²) in [5.74, 6) is 1.02. The fourth-order valence-electron chi connectivity index (χ4n) is 4.76. The largest absolute Gasteiger partial charge is 0.383 e. The van der Waals surface area contributed by atoms with Crippen molar-refractivity contribution in [1.29, 1.82) is 0 Å². The van der Waals surface area contributed by atoms with Gasteiger partial charge in [-0.25, -0.2) is 0 Å². The van der Waals surface area contributed by atoms with Crippen molar-refractivity contribution in [2.24, 2.45) is 11.3 Å². The third-order valence-corrected chi connectivity index (χ3v) is 6.35. The van der Waals surface area contributed by atoms with Gasteiger partial charge in [-0.15, -0.1) is 0 Å². The maximum Gasteiger partial charge on any atom is 0.0618 e. The number of rotatable bonds is 6. The quantitative estimate of drug-likeness (QED) is 0.802. The second-order valence-corrected chi connectivity index (χ2v) is 8.32. The summed E-state index contributed by atoms with van der Waals surface area (Å²) in [5, 5.41) is 0. The Kier molecular flexibility index (Phi) is 4.88. The van der Waals surface area contributed by atoms with E-state index in [1.807, 2.05) is 19.5 Å². The fraction of sp³-hybridized carbons (Fsp3) is 0.750. The normalized spacial score (nSPS) is 27.8. The summed E-state index contributed by atoms with van der Waals surface area (Å²) in [4.78, 5) is 9.53. The molecule has 0 unspecified atom stereocenters. The molecule has 24 heavy (non-hydrogen) atoms. The van der Waals surface area contributed by atoms with Crippen LogP contribution in [0.25, 0.3) is 0 Å². The molecule has 3 aliphatic rings. The Bertz CT molecular complexity index is 523. The van der Waals surface area contributed by atoms with E-state index >= 15 is 0 Å². The number of ether oxygens (including phenoxy) is 1. The number of piperidine rings is 1. The molecule has 3 fully saturated rings. The molecule has 0 amide bonds. The Balaban J connectivity index is 1.38. The van der Waals surface area contributed by atoms with Gasteiger partial charge in [0.1, 0.15) is 0 Å². The van der Waals surface area contributed by atoms with Gasteiger partial charge < -0.3 is 9.64 Å². The molecule has 2 saturated heterocycles. The highest BCUT2D eigenvalue weighted by Crippen LogP contribution is 2.44. The van der Waals surface area contributed by atoms with E-state index in [2.05, 4.69) is 26.9 Å². The van der Waals surface area contributed by atoms with Gasteiger partial charge in [0.15, 0.2) is 0 Å². The molecular weight excluding hydrogens is 298 g/mol. The molecule has 3 heterocycles. The molecule has 2 aliphatic heterocycles. The first-order valence-corrected chi connectivity index (χ1v) is 9.61. The van der Waals surface area contributed by atoms with Gasteiger partial charge in [-0.05, 0) is 74.2 Å². The number of hydrogen-bond acceptors (Lipinski definition) is 4. The third kappa shape index (κ3) is 3.81. The first-order chi connectivity index (χ1) is 11.8. The summed E-state index contributed by atoms with van der Waals surface area (Å²) in [6, 6.07) is 4.86. The summed E-state index contributed by atoms with van der Waals surface area (Å²) in [5.41, 5.74) is 1.89. The Hall–Kier alpha value is -0.970. The number of aromatic nitrogens is 1. The maximum absolute atomic E-state index is 5.55. The van der Waals surface area contributed by atoms with Crippen LogP contribution < -0.4 is 0 Å². The molecule has 0 aromatic carbocycles. The summed E-state index contributed by atoms with van der Waals surface area (Å²) < 4.78 is 5.55. The van der Waals surface area contributed by atoms with Gasteiger partial charge >= 0.3 is 0 Å². The molecule has 1 aromatic rings. The highest BCUT2D eigenvalue weighted by molar-refractivity contribution is 5.11. The van der Waals surface area contributed by atoms with Gasteiger partial charge in [0.2, 0.25) is 0 Å². The fourth-order valence-corrected chi connectivity index (χ4v) is 4.76. The van der Waals surface area contributed by atoms with Crippen LogP contribution in [0.15, 0.2) is 24.5 Å². The van der Waals surface area contributed by atoms with Crippen molar-refractivity contribution in [2.45, 2.75) is 44.7 Å². The Morgan fingerprint density at radius 2 is 1.96 bits per heavy atom. The SMILES string of the molecule is COC[C@@H]1CC2(CCN(CC3CC3)CC2)CN1Cc1ccncc1. The molecule has 4 rings (SSSR count). The zero-order chi connectivity index (χ0) is 16.4. The summed E-state index contributed by atoms with van der Waals surface area (Å²) in [7, 11) is 1.84. The smallest absolute Gasteiger partial charge is 0.0618 e. The molecule has 4 nitrogen and oxygen atoms in total. The summed E-state index contributed by atoms with van der Waals surface area (Å²) in [6.07, 6.45) is 10.8. The minimum atomic E-state index is 0.524. The zero-order valence-electron chi connectivity index (χ0n) is 15.0. The van der Waals surface area contributed by atoms with Gasteiger partial charge in [0.05, 0.1) is 6.61 Å². The zero-order valence-corrected chi connectivity index (χ0v) is 15.0. The van der Waals surface area contributed by atoms with Gasteiger partial charge in [-0.3, -0.25) is 9.88 Å². The molecule has 132 valence electrons. The van der Waals surface area contributed by atoms with E-state index in [0.717, 1.165) is 19.1 Å². The molecule has 1 atom stereocenters. The van der Waals surface area contributed by atoms with Crippen molar-refractivity contribution >= 4 is 0 Å². The first kappa shape index (κ1) is 16.5.